The quantitative estimate of drug-likeness (QED) is 0.211. The molecule has 0 heterocycles. The summed E-state index contributed by atoms with van der Waals surface area (Å²) in [5.41, 5.74) is 0.846. The highest BCUT2D eigenvalue weighted by atomic mass is 35.5. The SMILES string of the molecule is CCCCNC(=O)C(CC)N(Cc1ccccc1)C(=O)CN(c1cc(Cl)ccc1OC)S(=O)(=O)c1ccc(OC)c(OC)c1. The van der Waals surface area contributed by atoms with Crippen molar-refractivity contribution in [3.63, 3.8) is 0 Å². The number of sulfonamides is 1. The van der Waals surface area contributed by atoms with Crippen LogP contribution in [-0.4, -0.2) is 65.6 Å². The first-order valence-electron chi connectivity index (χ1n) is 14.3. The number of nitrogens with zero attached hydrogens (tertiary/aromatic N) is 2. The van der Waals surface area contributed by atoms with E-state index in [0.717, 1.165) is 22.7 Å². The van der Waals surface area contributed by atoms with Gasteiger partial charge in [-0.2, -0.15) is 0 Å². The average Bonchev–Trinajstić information content (AvgIpc) is 3.03. The fourth-order valence-electron chi connectivity index (χ4n) is 4.68. The summed E-state index contributed by atoms with van der Waals surface area (Å²) in [6, 6.07) is 17.0. The van der Waals surface area contributed by atoms with Crippen LogP contribution in [0.25, 0.3) is 0 Å². The van der Waals surface area contributed by atoms with Crippen LogP contribution in [0.5, 0.6) is 17.2 Å². The highest BCUT2D eigenvalue weighted by Crippen LogP contribution is 2.37. The van der Waals surface area contributed by atoms with Crippen LogP contribution in [0, 0.1) is 0 Å². The summed E-state index contributed by atoms with van der Waals surface area (Å²) in [4.78, 5) is 28.9. The number of ether oxygens (including phenoxy) is 3. The lowest BCUT2D eigenvalue weighted by Gasteiger charge is -2.33. The van der Waals surface area contributed by atoms with Gasteiger partial charge in [0.15, 0.2) is 11.5 Å². The first-order chi connectivity index (χ1) is 21.1. The molecule has 0 saturated carbocycles. The summed E-state index contributed by atoms with van der Waals surface area (Å²) >= 11 is 6.32. The summed E-state index contributed by atoms with van der Waals surface area (Å²) in [5.74, 6) is -0.177. The molecule has 0 saturated heterocycles. The van der Waals surface area contributed by atoms with E-state index in [1.807, 2.05) is 44.2 Å². The molecular weight excluding hydrogens is 606 g/mol. The molecule has 3 aromatic carbocycles. The number of carbonyl (C=O) groups excluding carboxylic acids is 2. The second-order valence-electron chi connectivity index (χ2n) is 9.92. The van der Waals surface area contributed by atoms with E-state index in [4.69, 9.17) is 25.8 Å². The summed E-state index contributed by atoms with van der Waals surface area (Å²) in [6.45, 7) is 3.76. The van der Waals surface area contributed by atoms with Crippen molar-refractivity contribution in [2.45, 2.75) is 50.6 Å². The number of anilines is 1. The van der Waals surface area contributed by atoms with Crippen molar-refractivity contribution >= 4 is 39.1 Å². The molecule has 1 atom stereocenters. The second-order valence-corrected chi connectivity index (χ2v) is 12.2. The van der Waals surface area contributed by atoms with Crippen molar-refractivity contribution in [3.8, 4) is 17.2 Å². The highest BCUT2D eigenvalue weighted by Gasteiger charge is 2.35. The van der Waals surface area contributed by atoms with E-state index in [1.54, 1.807) is 6.07 Å². The number of nitrogens with one attached hydrogen (secondary N) is 1. The average molecular weight is 646 g/mol. The van der Waals surface area contributed by atoms with Crippen LogP contribution in [0.15, 0.2) is 71.6 Å². The fraction of sp³-hybridized carbons (Fsp3) is 0.375. The molecule has 12 heteroatoms. The van der Waals surface area contributed by atoms with Gasteiger partial charge in [0.1, 0.15) is 18.3 Å². The van der Waals surface area contributed by atoms with E-state index in [1.165, 1.54) is 56.6 Å². The Morgan fingerprint density at radius 2 is 1.55 bits per heavy atom. The van der Waals surface area contributed by atoms with E-state index in [2.05, 4.69) is 5.32 Å². The lowest BCUT2D eigenvalue weighted by atomic mass is 10.1. The zero-order valence-electron chi connectivity index (χ0n) is 25.7. The van der Waals surface area contributed by atoms with Gasteiger partial charge in [0.25, 0.3) is 10.0 Å². The van der Waals surface area contributed by atoms with Crippen molar-refractivity contribution in [1.29, 1.82) is 0 Å². The zero-order valence-corrected chi connectivity index (χ0v) is 27.3. The zero-order chi connectivity index (χ0) is 32.3. The Bertz CT molecular complexity index is 1520. The number of amides is 2. The van der Waals surface area contributed by atoms with Gasteiger partial charge in [-0.1, -0.05) is 62.2 Å². The third kappa shape index (κ3) is 8.35. The van der Waals surface area contributed by atoms with Crippen molar-refractivity contribution in [1.82, 2.24) is 10.2 Å². The topological polar surface area (TPSA) is 114 Å². The summed E-state index contributed by atoms with van der Waals surface area (Å²) in [6.07, 6.45) is 2.01. The fourth-order valence-corrected chi connectivity index (χ4v) is 6.28. The summed E-state index contributed by atoms with van der Waals surface area (Å²) in [5, 5.41) is 3.16. The molecule has 44 heavy (non-hydrogen) atoms. The third-order valence-electron chi connectivity index (χ3n) is 7.04. The normalized spacial score (nSPS) is 11.8. The van der Waals surface area contributed by atoms with Crippen LogP contribution in [-0.2, 0) is 26.2 Å². The van der Waals surface area contributed by atoms with Gasteiger partial charge < -0.3 is 24.4 Å². The number of halogens is 1. The van der Waals surface area contributed by atoms with Crippen LogP contribution < -0.4 is 23.8 Å². The maximum atomic E-state index is 14.3. The number of methoxy groups -OCH3 is 3. The predicted octanol–water partition coefficient (Wildman–Crippen LogP) is 5.28. The van der Waals surface area contributed by atoms with Gasteiger partial charge in [0.05, 0.1) is 31.9 Å². The number of rotatable bonds is 16. The predicted molar refractivity (Wildman–Crippen MR) is 171 cm³/mol. The van der Waals surface area contributed by atoms with Crippen molar-refractivity contribution in [2.24, 2.45) is 0 Å². The van der Waals surface area contributed by atoms with Crippen LogP contribution >= 0.6 is 11.6 Å². The lowest BCUT2D eigenvalue weighted by molar-refractivity contribution is -0.140. The Balaban J connectivity index is 2.14. The number of carbonyl (C=O) groups is 2. The van der Waals surface area contributed by atoms with Gasteiger partial charge in [-0.25, -0.2) is 8.42 Å². The van der Waals surface area contributed by atoms with Crippen LogP contribution in [0.2, 0.25) is 5.02 Å². The summed E-state index contributed by atoms with van der Waals surface area (Å²) < 4.78 is 45.7. The largest absolute Gasteiger partial charge is 0.495 e. The van der Waals surface area contributed by atoms with Gasteiger partial charge in [0.2, 0.25) is 11.8 Å². The number of benzene rings is 3. The minimum absolute atomic E-state index is 0.0586. The molecule has 0 aliphatic carbocycles. The van der Waals surface area contributed by atoms with Gasteiger partial charge in [-0.05, 0) is 48.7 Å². The molecule has 2 amide bonds. The van der Waals surface area contributed by atoms with Crippen molar-refractivity contribution in [2.75, 3.05) is 38.7 Å². The van der Waals surface area contributed by atoms with E-state index < -0.39 is 28.5 Å². The Morgan fingerprint density at radius 3 is 2.16 bits per heavy atom. The second kappa shape index (κ2) is 16.2. The number of hydrogen-bond acceptors (Lipinski definition) is 7. The van der Waals surface area contributed by atoms with Gasteiger partial charge in [0, 0.05) is 24.2 Å². The first-order valence-corrected chi connectivity index (χ1v) is 16.1. The molecule has 0 radical (unpaired) electrons. The van der Waals surface area contributed by atoms with Gasteiger partial charge in [-0.3, -0.25) is 13.9 Å². The molecule has 238 valence electrons. The van der Waals surface area contributed by atoms with Crippen LogP contribution in [0.3, 0.4) is 0 Å². The molecule has 0 aliphatic heterocycles. The number of unbranched alkanes of at least 4 members (excludes halogenated alkanes) is 1. The molecule has 1 unspecified atom stereocenters. The third-order valence-corrected chi connectivity index (χ3v) is 9.03. The van der Waals surface area contributed by atoms with Crippen LogP contribution in [0.4, 0.5) is 5.69 Å². The Labute approximate surface area is 264 Å². The van der Waals surface area contributed by atoms with E-state index in [9.17, 15) is 18.0 Å². The monoisotopic (exact) mass is 645 g/mol. The first kappa shape index (κ1) is 34.5. The molecular formula is C32H40ClN3O7S. The summed E-state index contributed by atoms with van der Waals surface area (Å²) in [7, 11) is -0.189. The molecule has 3 aromatic rings. The molecule has 1 N–H and O–H groups in total. The smallest absolute Gasteiger partial charge is 0.265 e. The molecule has 0 bridgehead atoms. The van der Waals surface area contributed by atoms with Gasteiger partial charge >= 0.3 is 0 Å². The number of hydrogen-bond donors (Lipinski definition) is 1. The minimum Gasteiger partial charge on any atom is -0.495 e. The lowest BCUT2D eigenvalue weighted by Crippen LogP contribution is -2.52. The van der Waals surface area contributed by atoms with Crippen LogP contribution in [0.1, 0.15) is 38.7 Å². The Morgan fingerprint density at radius 1 is 0.886 bits per heavy atom. The molecule has 10 nitrogen and oxygen atoms in total. The standard InChI is InChI=1S/C32H40ClN3O7S/c1-6-8-18-34-32(38)26(7-2)35(21-23-12-10-9-11-13-23)31(37)22-36(27-19-24(33)14-16-28(27)41-3)44(39,40)25-15-17-29(42-4)30(20-25)43-5/h9-17,19-20,26H,6-8,18,21-22H2,1-5H3,(H,34,38). The highest BCUT2D eigenvalue weighted by molar-refractivity contribution is 7.92. The van der Waals surface area contributed by atoms with Gasteiger partial charge in [-0.15, -0.1) is 0 Å². The maximum Gasteiger partial charge on any atom is 0.265 e. The molecule has 0 spiro atoms. The van der Waals surface area contributed by atoms with E-state index in [0.29, 0.717) is 18.7 Å². The van der Waals surface area contributed by atoms with E-state index >= 15 is 0 Å². The maximum absolute atomic E-state index is 14.3. The van der Waals surface area contributed by atoms with E-state index in [-0.39, 0.29) is 39.6 Å². The van der Waals surface area contributed by atoms with Crippen molar-refractivity contribution < 1.29 is 32.2 Å². The van der Waals surface area contributed by atoms with Crippen molar-refractivity contribution in [3.05, 3.63) is 77.3 Å². The molecule has 3 rings (SSSR count). The molecule has 0 aromatic heterocycles. The molecule has 0 fully saturated rings. The Kier molecular flexibility index (Phi) is 12.7. The Hall–Kier alpha value is -3.96. The minimum atomic E-state index is -4.42. The molecule has 0 aliphatic rings.